The Bertz CT molecular complexity index is 359. The van der Waals surface area contributed by atoms with Crippen LogP contribution in [0.25, 0.3) is 0 Å². The Morgan fingerprint density at radius 1 is 1.54 bits per heavy atom. The summed E-state index contributed by atoms with van der Waals surface area (Å²) in [7, 11) is 0. The Labute approximate surface area is 74.4 Å². The molecular weight excluding hydrogens is 172 g/mol. The van der Waals surface area contributed by atoms with Gasteiger partial charge < -0.3 is 14.9 Å². The zero-order valence-electron chi connectivity index (χ0n) is 6.73. The quantitative estimate of drug-likeness (QED) is 0.670. The number of fused-ring (bicyclic) bond motifs is 1. The summed E-state index contributed by atoms with van der Waals surface area (Å²) in [6.07, 6.45) is -0.625. The van der Waals surface area contributed by atoms with Crippen LogP contribution in [0, 0.1) is 0 Å². The molecule has 1 heterocycles. The molecule has 2 rings (SSSR count). The van der Waals surface area contributed by atoms with Crippen molar-refractivity contribution in [1.29, 1.82) is 0 Å². The smallest absolute Gasteiger partial charge is 0.345 e. The van der Waals surface area contributed by atoms with E-state index < -0.39 is 12.1 Å². The van der Waals surface area contributed by atoms with Gasteiger partial charge in [-0.1, -0.05) is 6.07 Å². The standard InChI is InChI=1S/C9H8O4/c10-6-2-1-3-7-5(6)4-8(13-7)9(11)12/h1-3,8,10H,4H2,(H,11,12). The Morgan fingerprint density at radius 3 is 2.92 bits per heavy atom. The first kappa shape index (κ1) is 7.91. The van der Waals surface area contributed by atoms with Crippen LogP contribution >= 0.6 is 0 Å². The number of hydrogen-bond donors (Lipinski definition) is 2. The molecule has 1 aromatic carbocycles. The summed E-state index contributed by atoms with van der Waals surface area (Å²) >= 11 is 0. The molecule has 68 valence electrons. The maximum atomic E-state index is 10.6. The SMILES string of the molecule is O=C(O)C1Cc2c(O)cccc2O1. The third kappa shape index (κ3) is 1.20. The second-order valence-corrected chi connectivity index (χ2v) is 2.90. The van der Waals surface area contributed by atoms with Crippen LogP contribution in [0.15, 0.2) is 18.2 Å². The highest BCUT2D eigenvalue weighted by Crippen LogP contribution is 2.34. The van der Waals surface area contributed by atoms with Gasteiger partial charge in [0.05, 0.1) is 0 Å². The number of ether oxygens (including phenoxy) is 1. The first-order chi connectivity index (χ1) is 6.18. The van der Waals surface area contributed by atoms with Crippen molar-refractivity contribution in [2.24, 2.45) is 0 Å². The Balaban J connectivity index is 2.35. The molecule has 4 heteroatoms. The van der Waals surface area contributed by atoms with E-state index in [1.807, 2.05) is 0 Å². The predicted molar refractivity (Wildman–Crippen MR) is 43.9 cm³/mol. The molecule has 0 amide bonds. The van der Waals surface area contributed by atoms with E-state index in [4.69, 9.17) is 9.84 Å². The molecule has 0 radical (unpaired) electrons. The van der Waals surface area contributed by atoms with Crippen LogP contribution in [0.2, 0.25) is 0 Å². The molecule has 1 atom stereocenters. The van der Waals surface area contributed by atoms with Gasteiger partial charge in [-0.25, -0.2) is 4.79 Å². The van der Waals surface area contributed by atoms with Crippen LogP contribution in [0.1, 0.15) is 5.56 Å². The van der Waals surface area contributed by atoms with E-state index >= 15 is 0 Å². The van der Waals surface area contributed by atoms with Crippen LogP contribution in [0.4, 0.5) is 0 Å². The number of carboxylic acid groups (broad SMARTS) is 1. The van der Waals surface area contributed by atoms with Gasteiger partial charge >= 0.3 is 5.97 Å². The second-order valence-electron chi connectivity index (χ2n) is 2.90. The minimum Gasteiger partial charge on any atom is -0.508 e. The summed E-state index contributed by atoms with van der Waals surface area (Å²) in [6.45, 7) is 0. The van der Waals surface area contributed by atoms with Gasteiger partial charge in [-0.05, 0) is 12.1 Å². The molecule has 13 heavy (non-hydrogen) atoms. The molecule has 0 spiro atoms. The molecule has 0 saturated carbocycles. The minimum atomic E-state index is -1.00. The third-order valence-electron chi connectivity index (χ3n) is 2.04. The fourth-order valence-corrected chi connectivity index (χ4v) is 1.39. The van der Waals surface area contributed by atoms with Gasteiger partial charge in [0.25, 0.3) is 0 Å². The normalized spacial score (nSPS) is 19.2. The lowest BCUT2D eigenvalue weighted by Crippen LogP contribution is -2.24. The molecule has 0 aromatic heterocycles. The summed E-state index contributed by atoms with van der Waals surface area (Å²) in [6, 6.07) is 4.79. The molecule has 4 nitrogen and oxygen atoms in total. The highest BCUT2D eigenvalue weighted by molar-refractivity contribution is 5.75. The average Bonchev–Trinajstić information content (AvgIpc) is 2.49. The molecule has 1 aliphatic heterocycles. The first-order valence-electron chi connectivity index (χ1n) is 3.89. The van der Waals surface area contributed by atoms with Gasteiger partial charge in [0, 0.05) is 12.0 Å². The van der Waals surface area contributed by atoms with Crippen molar-refractivity contribution in [2.45, 2.75) is 12.5 Å². The number of hydrogen-bond acceptors (Lipinski definition) is 3. The van der Waals surface area contributed by atoms with E-state index in [0.29, 0.717) is 11.3 Å². The van der Waals surface area contributed by atoms with Crippen LogP contribution in [0.3, 0.4) is 0 Å². The van der Waals surface area contributed by atoms with Crippen LogP contribution < -0.4 is 4.74 Å². The number of carbonyl (C=O) groups is 1. The van der Waals surface area contributed by atoms with E-state index in [1.165, 1.54) is 6.07 Å². The molecule has 0 saturated heterocycles. The van der Waals surface area contributed by atoms with Crippen molar-refractivity contribution in [2.75, 3.05) is 0 Å². The van der Waals surface area contributed by atoms with Crippen molar-refractivity contribution in [3.8, 4) is 11.5 Å². The monoisotopic (exact) mass is 180 g/mol. The molecule has 0 fully saturated rings. The van der Waals surface area contributed by atoms with Crippen LogP contribution in [0.5, 0.6) is 11.5 Å². The number of phenols is 1. The lowest BCUT2D eigenvalue weighted by Gasteiger charge is -2.02. The largest absolute Gasteiger partial charge is 0.508 e. The van der Waals surface area contributed by atoms with Crippen molar-refractivity contribution >= 4 is 5.97 Å². The van der Waals surface area contributed by atoms with Gasteiger partial charge in [0.15, 0.2) is 6.10 Å². The number of phenolic OH excluding ortho intramolecular Hbond substituents is 1. The number of rotatable bonds is 1. The molecule has 1 aromatic rings. The second kappa shape index (κ2) is 2.65. The minimum absolute atomic E-state index is 0.0984. The van der Waals surface area contributed by atoms with Crippen molar-refractivity contribution in [1.82, 2.24) is 0 Å². The molecule has 1 unspecified atom stereocenters. The van der Waals surface area contributed by atoms with Crippen molar-refractivity contribution in [3.63, 3.8) is 0 Å². The highest BCUT2D eigenvalue weighted by atomic mass is 16.5. The first-order valence-corrected chi connectivity index (χ1v) is 3.89. The number of benzene rings is 1. The molecule has 0 bridgehead atoms. The number of carboxylic acids is 1. The average molecular weight is 180 g/mol. The van der Waals surface area contributed by atoms with E-state index in [9.17, 15) is 9.90 Å². The van der Waals surface area contributed by atoms with Gasteiger partial charge in [0.1, 0.15) is 11.5 Å². The van der Waals surface area contributed by atoms with Crippen LogP contribution in [-0.2, 0) is 11.2 Å². The summed E-state index contributed by atoms with van der Waals surface area (Å²) in [5.74, 6) is -0.441. The van der Waals surface area contributed by atoms with E-state index in [-0.39, 0.29) is 12.2 Å². The van der Waals surface area contributed by atoms with E-state index in [2.05, 4.69) is 0 Å². The van der Waals surface area contributed by atoms with Crippen LogP contribution in [-0.4, -0.2) is 22.3 Å². The van der Waals surface area contributed by atoms with Gasteiger partial charge in [0.2, 0.25) is 0 Å². The van der Waals surface area contributed by atoms with E-state index in [0.717, 1.165) is 0 Å². The topological polar surface area (TPSA) is 66.8 Å². The number of aromatic hydroxyl groups is 1. The summed E-state index contributed by atoms with van der Waals surface area (Å²) in [5, 5.41) is 18.0. The zero-order chi connectivity index (χ0) is 9.42. The molecule has 0 aliphatic carbocycles. The summed E-state index contributed by atoms with van der Waals surface area (Å²) in [4.78, 5) is 10.6. The molecular formula is C9H8O4. The predicted octanol–water partition coefficient (Wildman–Crippen LogP) is 0.780. The molecule has 1 aliphatic rings. The third-order valence-corrected chi connectivity index (χ3v) is 2.04. The van der Waals surface area contributed by atoms with Crippen molar-refractivity contribution in [3.05, 3.63) is 23.8 Å². The Morgan fingerprint density at radius 2 is 2.31 bits per heavy atom. The Hall–Kier alpha value is -1.71. The van der Waals surface area contributed by atoms with Gasteiger partial charge in [-0.15, -0.1) is 0 Å². The fourth-order valence-electron chi connectivity index (χ4n) is 1.39. The Kier molecular flexibility index (Phi) is 1.62. The molecule has 2 N–H and O–H groups in total. The maximum Gasteiger partial charge on any atom is 0.345 e. The van der Waals surface area contributed by atoms with E-state index in [1.54, 1.807) is 12.1 Å². The zero-order valence-corrected chi connectivity index (χ0v) is 6.73. The summed E-state index contributed by atoms with van der Waals surface area (Å²) < 4.78 is 5.09. The fraction of sp³-hybridized carbons (Fsp3) is 0.222. The lowest BCUT2D eigenvalue weighted by atomic mass is 10.1. The van der Waals surface area contributed by atoms with Gasteiger partial charge in [-0.3, -0.25) is 0 Å². The highest BCUT2D eigenvalue weighted by Gasteiger charge is 2.30. The maximum absolute atomic E-state index is 10.6. The summed E-state index contributed by atoms with van der Waals surface area (Å²) in [5.41, 5.74) is 0.579. The lowest BCUT2D eigenvalue weighted by molar-refractivity contribution is -0.144. The van der Waals surface area contributed by atoms with Crippen molar-refractivity contribution < 1.29 is 19.7 Å². The van der Waals surface area contributed by atoms with Gasteiger partial charge in [-0.2, -0.15) is 0 Å². The number of aliphatic carboxylic acids is 1.